The normalized spacial score (nSPS) is 23.5. The molecule has 12 heteroatoms. The third-order valence-corrected chi connectivity index (χ3v) is 4.63. The number of carbonyl (C=O) groups excluding carboxylic acids is 1. The predicted molar refractivity (Wildman–Crippen MR) is 84.5 cm³/mol. The maximum absolute atomic E-state index is 12.4. The van der Waals surface area contributed by atoms with E-state index in [2.05, 4.69) is 14.8 Å². The first-order valence-electron chi connectivity index (χ1n) is 8.02. The van der Waals surface area contributed by atoms with Crippen LogP contribution < -0.4 is 11.1 Å². The molecule has 0 unspecified atom stereocenters. The zero-order valence-electron chi connectivity index (χ0n) is 13.5. The van der Waals surface area contributed by atoms with Gasteiger partial charge in [-0.25, -0.2) is 4.79 Å². The smallest absolute Gasteiger partial charge is 0.361 e. The molecule has 3 heterocycles. The highest BCUT2D eigenvalue weighted by Gasteiger charge is 2.48. The molecule has 0 aromatic carbocycles. The Bertz CT molecular complexity index is 722. The minimum absolute atomic E-state index is 0.305. The summed E-state index contributed by atoms with van der Waals surface area (Å²) in [6.45, 7) is 2.29. The Kier molecular flexibility index (Phi) is 5.24. The molecule has 2 bridgehead atoms. The van der Waals surface area contributed by atoms with E-state index in [9.17, 15) is 13.2 Å². The van der Waals surface area contributed by atoms with Crippen molar-refractivity contribution in [1.29, 1.82) is 0 Å². The van der Waals surface area contributed by atoms with E-state index in [1.54, 1.807) is 6.07 Å². The van der Waals surface area contributed by atoms with Gasteiger partial charge in [-0.2, -0.15) is 13.5 Å². The summed E-state index contributed by atoms with van der Waals surface area (Å²) in [7, 11) is -4.74. The van der Waals surface area contributed by atoms with Gasteiger partial charge in [-0.05, 0) is 12.8 Å². The first-order valence-corrected chi connectivity index (χ1v) is 9.38. The molecule has 0 aliphatic carbocycles. The molecule has 4 N–H and O–H groups in total. The van der Waals surface area contributed by atoms with Crippen molar-refractivity contribution >= 4 is 16.4 Å². The molecular formula is C13H21N5O6S. The van der Waals surface area contributed by atoms with Crippen LogP contribution in [0.25, 0.3) is 0 Å². The summed E-state index contributed by atoms with van der Waals surface area (Å²) in [6.07, 6.45) is 1.77. The molecule has 1 aromatic rings. The molecule has 2 atom stereocenters. The van der Waals surface area contributed by atoms with E-state index < -0.39 is 22.5 Å². The van der Waals surface area contributed by atoms with E-state index in [1.165, 1.54) is 4.90 Å². The second-order valence-electron chi connectivity index (χ2n) is 6.02. The van der Waals surface area contributed by atoms with Crippen molar-refractivity contribution in [1.82, 2.24) is 20.4 Å². The first kappa shape index (κ1) is 18.1. The third kappa shape index (κ3) is 4.10. The minimum Gasteiger partial charge on any atom is -0.361 e. The van der Waals surface area contributed by atoms with Gasteiger partial charge >= 0.3 is 16.4 Å². The number of amides is 2. The molecule has 2 aliphatic heterocycles. The lowest BCUT2D eigenvalue weighted by atomic mass is 9.98. The summed E-state index contributed by atoms with van der Waals surface area (Å²) in [4.78, 5) is 13.9. The highest BCUT2D eigenvalue weighted by atomic mass is 32.3. The second kappa shape index (κ2) is 7.25. The van der Waals surface area contributed by atoms with Gasteiger partial charge in [0.2, 0.25) is 0 Å². The summed E-state index contributed by atoms with van der Waals surface area (Å²) in [5, 5.41) is 7.91. The molecule has 0 spiro atoms. The van der Waals surface area contributed by atoms with Crippen LogP contribution in [0.15, 0.2) is 10.6 Å². The quantitative estimate of drug-likeness (QED) is 0.401. The molecule has 2 saturated heterocycles. The molecule has 2 fully saturated rings. The number of nitrogens with zero attached hydrogens (tertiary/aromatic N) is 3. The molecule has 0 radical (unpaired) electrons. The molecule has 1 aromatic heterocycles. The van der Waals surface area contributed by atoms with Gasteiger partial charge in [0.25, 0.3) is 0 Å². The lowest BCUT2D eigenvalue weighted by Gasteiger charge is -2.28. The summed E-state index contributed by atoms with van der Waals surface area (Å²) in [5.41, 5.74) is 6.02. The van der Waals surface area contributed by atoms with Gasteiger partial charge in [0, 0.05) is 38.7 Å². The Labute approximate surface area is 145 Å². The lowest BCUT2D eigenvalue weighted by Crippen LogP contribution is -2.35. The van der Waals surface area contributed by atoms with Crippen molar-refractivity contribution in [2.45, 2.75) is 31.3 Å². The predicted octanol–water partition coefficient (Wildman–Crippen LogP) is -0.559. The topological polar surface area (TPSA) is 151 Å². The number of rotatable bonds is 8. The van der Waals surface area contributed by atoms with Crippen molar-refractivity contribution in [2.75, 3.05) is 26.2 Å². The van der Waals surface area contributed by atoms with Crippen molar-refractivity contribution in [3.05, 3.63) is 17.5 Å². The number of piperidine rings is 1. The van der Waals surface area contributed by atoms with Crippen molar-refractivity contribution in [2.24, 2.45) is 5.73 Å². The maximum Gasteiger partial charge on any atom is 0.418 e. The van der Waals surface area contributed by atoms with Crippen LogP contribution in [-0.4, -0.2) is 66.3 Å². The average molecular weight is 375 g/mol. The highest BCUT2D eigenvalue weighted by molar-refractivity contribution is 7.80. The molecule has 11 nitrogen and oxygen atoms in total. The summed E-state index contributed by atoms with van der Waals surface area (Å²) in [5.74, 6) is 0.694. The van der Waals surface area contributed by atoms with Gasteiger partial charge in [0.15, 0.2) is 0 Å². The number of fused-ring (bicyclic) bond motifs is 2. The van der Waals surface area contributed by atoms with Gasteiger partial charge in [0.05, 0.1) is 12.1 Å². The van der Waals surface area contributed by atoms with Crippen LogP contribution in [0.2, 0.25) is 0 Å². The Morgan fingerprint density at radius 2 is 2.24 bits per heavy atom. The standard InChI is InChI=1S/C13H21N5O6S/c14-4-6-15-5-3-10-7-11(16-23-10)12-2-1-9-8-17(12)13(19)18(9)24-25(20,21)22/h7,9,12,15H,1-6,8,14H2,(H,20,21,22)/t9-,12+/m1/s1. The molecule has 140 valence electrons. The van der Waals surface area contributed by atoms with Gasteiger partial charge in [-0.15, -0.1) is 4.28 Å². The van der Waals surface area contributed by atoms with Gasteiger partial charge < -0.3 is 20.5 Å². The van der Waals surface area contributed by atoms with Gasteiger partial charge in [-0.1, -0.05) is 5.16 Å². The van der Waals surface area contributed by atoms with E-state index >= 15 is 0 Å². The Hall–Kier alpha value is -1.73. The van der Waals surface area contributed by atoms with Crippen LogP contribution in [0.1, 0.15) is 30.3 Å². The average Bonchev–Trinajstić information content (AvgIpc) is 3.11. The van der Waals surface area contributed by atoms with Gasteiger partial charge in [0.1, 0.15) is 11.5 Å². The number of nitrogens with one attached hydrogen (secondary N) is 1. The largest absolute Gasteiger partial charge is 0.418 e. The fourth-order valence-electron chi connectivity index (χ4n) is 3.18. The number of hydrogen-bond acceptors (Lipinski definition) is 8. The van der Waals surface area contributed by atoms with E-state index in [0.717, 1.165) is 6.54 Å². The molecule has 3 rings (SSSR count). The van der Waals surface area contributed by atoms with Crippen molar-refractivity contribution in [3.63, 3.8) is 0 Å². The fourth-order valence-corrected chi connectivity index (χ4v) is 3.57. The summed E-state index contributed by atoms with van der Waals surface area (Å²) in [6, 6.07) is 0.458. The van der Waals surface area contributed by atoms with Crippen LogP contribution >= 0.6 is 0 Å². The highest BCUT2D eigenvalue weighted by Crippen LogP contribution is 2.38. The van der Waals surface area contributed by atoms with Crippen LogP contribution in [0.4, 0.5) is 4.79 Å². The van der Waals surface area contributed by atoms with E-state index in [0.29, 0.717) is 55.4 Å². The Balaban J connectivity index is 1.65. The molecular weight excluding hydrogens is 354 g/mol. The SMILES string of the molecule is NCCNCCc1cc([C@@H]2CC[C@@H]3CN2C(=O)N3OS(=O)(=O)O)no1. The number of hydroxylamine groups is 2. The number of hydrogen-bond donors (Lipinski definition) is 3. The van der Waals surface area contributed by atoms with Gasteiger partial charge in [-0.3, -0.25) is 4.55 Å². The third-order valence-electron chi connectivity index (χ3n) is 4.29. The monoisotopic (exact) mass is 375 g/mol. The number of carbonyl (C=O) groups is 1. The first-order chi connectivity index (χ1) is 11.9. The Morgan fingerprint density at radius 3 is 2.96 bits per heavy atom. The zero-order valence-corrected chi connectivity index (χ0v) is 14.3. The van der Waals surface area contributed by atoms with Crippen molar-refractivity contribution < 1.29 is 26.6 Å². The summed E-state index contributed by atoms with van der Waals surface area (Å²) >= 11 is 0. The second-order valence-corrected chi connectivity index (χ2v) is 7.02. The van der Waals surface area contributed by atoms with Crippen LogP contribution in [0.5, 0.6) is 0 Å². The van der Waals surface area contributed by atoms with E-state index in [-0.39, 0.29) is 6.04 Å². The van der Waals surface area contributed by atoms with E-state index in [4.69, 9.17) is 14.8 Å². The van der Waals surface area contributed by atoms with E-state index in [1.807, 2.05) is 0 Å². The van der Waals surface area contributed by atoms with Crippen LogP contribution in [-0.2, 0) is 21.1 Å². The number of aromatic nitrogens is 1. The Morgan fingerprint density at radius 1 is 1.44 bits per heavy atom. The fraction of sp³-hybridized carbons (Fsp3) is 0.692. The van der Waals surface area contributed by atoms with Crippen LogP contribution in [0, 0.1) is 0 Å². The number of urea groups is 1. The maximum atomic E-state index is 12.4. The molecule has 2 aliphatic rings. The van der Waals surface area contributed by atoms with Crippen LogP contribution in [0.3, 0.4) is 0 Å². The molecule has 25 heavy (non-hydrogen) atoms. The minimum atomic E-state index is -4.74. The molecule has 0 saturated carbocycles. The van der Waals surface area contributed by atoms with Crippen molar-refractivity contribution in [3.8, 4) is 0 Å². The zero-order chi connectivity index (χ0) is 18.0. The lowest BCUT2D eigenvalue weighted by molar-refractivity contribution is -0.0317. The molecule has 2 amide bonds. The number of nitrogens with two attached hydrogens (primary N) is 1. The summed E-state index contributed by atoms with van der Waals surface area (Å²) < 4.78 is 40.3.